The largest absolute Gasteiger partial charge is 0.397 e. The summed E-state index contributed by atoms with van der Waals surface area (Å²) in [5, 5.41) is 2.67. The second-order valence-electron chi connectivity index (χ2n) is 8.51. The molecule has 9 nitrogen and oxygen atoms in total. The van der Waals surface area contributed by atoms with Gasteiger partial charge in [0.2, 0.25) is 15.9 Å². The van der Waals surface area contributed by atoms with Gasteiger partial charge in [-0.25, -0.2) is 25.5 Å². The zero-order chi connectivity index (χ0) is 27.3. The second-order valence-corrected chi connectivity index (χ2v) is 12.2. The summed E-state index contributed by atoms with van der Waals surface area (Å²) in [7, 11) is -7.25. The van der Waals surface area contributed by atoms with Gasteiger partial charge in [0.05, 0.1) is 22.5 Å². The SMILES string of the molecule is CS(=O)(=O)NCc1cccc(-c2cccc(S(=O)(=O)n3ccc(/C=C/C(=O)Nc4ccccc4N)c3)c2)c1. The van der Waals surface area contributed by atoms with Gasteiger partial charge in [-0.1, -0.05) is 42.5 Å². The highest BCUT2D eigenvalue weighted by Crippen LogP contribution is 2.25. The number of nitrogens with two attached hydrogens (primary N) is 1. The molecule has 0 unspecified atom stereocenters. The minimum Gasteiger partial charge on any atom is -0.397 e. The average molecular weight is 551 g/mol. The molecule has 4 aromatic rings. The molecule has 0 saturated heterocycles. The first-order valence-electron chi connectivity index (χ1n) is 11.4. The number of nitrogen functional groups attached to an aromatic ring is 1. The smallest absolute Gasteiger partial charge is 0.267 e. The van der Waals surface area contributed by atoms with Crippen LogP contribution in [0.5, 0.6) is 0 Å². The zero-order valence-electron chi connectivity index (χ0n) is 20.4. The molecule has 0 saturated carbocycles. The molecule has 0 bridgehead atoms. The molecular weight excluding hydrogens is 524 g/mol. The highest BCUT2D eigenvalue weighted by molar-refractivity contribution is 7.90. The van der Waals surface area contributed by atoms with Gasteiger partial charge < -0.3 is 11.1 Å². The van der Waals surface area contributed by atoms with Crippen molar-refractivity contribution in [2.75, 3.05) is 17.3 Å². The number of nitrogens with zero attached hydrogens (tertiary/aromatic N) is 1. The molecule has 11 heteroatoms. The molecule has 0 spiro atoms. The third kappa shape index (κ3) is 6.76. The minimum absolute atomic E-state index is 0.0816. The van der Waals surface area contributed by atoms with E-state index in [1.54, 1.807) is 66.7 Å². The van der Waals surface area contributed by atoms with Gasteiger partial charge in [0, 0.05) is 25.0 Å². The van der Waals surface area contributed by atoms with Gasteiger partial charge in [-0.3, -0.25) is 4.79 Å². The number of carbonyl (C=O) groups is 1. The van der Waals surface area contributed by atoms with Gasteiger partial charge in [-0.05, 0) is 64.7 Å². The Kier molecular flexibility index (Phi) is 7.81. The number of aromatic nitrogens is 1. The van der Waals surface area contributed by atoms with Crippen LogP contribution in [0.4, 0.5) is 11.4 Å². The van der Waals surface area contributed by atoms with E-state index in [1.165, 1.54) is 30.6 Å². The van der Waals surface area contributed by atoms with Crippen LogP contribution in [0.15, 0.2) is 102 Å². The maximum Gasteiger partial charge on any atom is 0.267 e. The van der Waals surface area contributed by atoms with Gasteiger partial charge in [-0.15, -0.1) is 0 Å². The van der Waals surface area contributed by atoms with E-state index in [0.717, 1.165) is 21.4 Å². The third-order valence-electron chi connectivity index (χ3n) is 5.54. The van der Waals surface area contributed by atoms with Crippen LogP contribution < -0.4 is 15.8 Å². The van der Waals surface area contributed by atoms with Gasteiger partial charge in [0.25, 0.3) is 10.0 Å². The fraction of sp³-hybridized carbons (Fsp3) is 0.0741. The normalized spacial score (nSPS) is 12.0. The summed E-state index contributed by atoms with van der Waals surface area (Å²) in [6.45, 7) is 0.126. The third-order valence-corrected chi connectivity index (χ3v) is 7.84. The van der Waals surface area contributed by atoms with E-state index in [2.05, 4.69) is 10.0 Å². The topological polar surface area (TPSA) is 140 Å². The lowest BCUT2D eigenvalue weighted by Crippen LogP contribution is -2.21. The van der Waals surface area contributed by atoms with E-state index >= 15 is 0 Å². The Morgan fingerprint density at radius 3 is 2.37 bits per heavy atom. The number of hydrogen-bond donors (Lipinski definition) is 3. The van der Waals surface area contributed by atoms with Crippen LogP contribution >= 0.6 is 0 Å². The van der Waals surface area contributed by atoms with Crippen LogP contribution in [0.2, 0.25) is 0 Å². The molecule has 0 aliphatic carbocycles. The molecule has 0 aliphatic rings. The van der Waals surface area contributed by atoms with Crippen LogP contribution in [0.25, 0.3) is 17.2 Å². The number of rotatable bonds is 9. The number of sulfonamides is 1. The number of hydrogen-bond acceptors (Lipinski definition) is 6. The van der Waals surface area contributed by atoms with Crippen molar-refractivity contribution in [2.45, 2.75) is 11.4 Å². The first-order valence-corrected chi connectivity index (χ1v) is 14.8. The molecule has 0 fully saturated rings. The van der Waals surface area contributed by atoms with Crippen LogP contribution in [0, 0.1) is 0 Å². The van der Waals surface area contributed by atoms with Crippen molar-refractivity contribution in [3.05, 3.63) is 108 Å². The number of para-hydroxylation sites is 2. The van der Waals surface area contributed by atoms with E-state index in [1.807, 2.05) is 6.07 Å². The van der Waals surface area contributed by atoms with Gasteiger partial charge >= 0.3 is 0 Å². The Morgan fingerprint density at radius 2 is 1.63 bits per heavy atom. The van der Waals surface area contributed by atoms with Crippen molar-refractivity contribution in [1.82, 2.24) is 8.69 Å². The molecule has 4 rings (SSSR count). The van der Waals surface area contributed by atoms with Crippen LogP contribution in [0.1, 0.15) is 11.1 Å². The molecule has 0 atom stereocenters. The minimum atomic E-state index is -3.91. The molecule has 0 aliphatic heterocycles. The van der Waals surface area contributed by atoms with Crippen molar-refractivity contribution >= 4 is 43.4 Å². The number of nitrogens with one attached hydrogen (secondary N) is 2. The van der Waals surface area contributed by atoms with Crippen LogP contribution in [-0.2, 0) is 31.4 Å². The summed E-state index contributed by atoms with van der Waals surface area (Å²) in [5.74, 6) is -0.403. The quantitative estimate of drug-likeness (QED) is 0.215. The van der Waals surface area contributed by atoms with Gasteiger partial charge in [-0.2, -0.15) is 0 Å². The highest BCUT2D eigenvalue weighted by Gasteiger charge is 2.17. The van der Waals surface area contributed by atoms with Crippen molar-refractivity contribution in [2.24, 2.45) is 0 Å². The average Bonchev–Trinajstić information content (AvgIpc) is 3.38. The van der Waals surface area contributed by atoms with Crippen molar-refractivity contribution in [3.8, 4) is 11.1 Å². The van der Waals surface area contributed by atoms with E-state index in [-0.39, 0.29) is 11.4 Å². The van der Waals surface area contributed by atoms with E-state index in [4.69, 9.17) is 5.73 Å². The highest BCUT2D eigenvalue weighted by atomic mass is 32.2. The monoisotopic (exact) mass is 550 g/mol. The second kappa shape index (κ2) is 11.1. The van der Waals surface area contributed by atoms with E-state index in [0.29, 0.717) is 22.5 Å². The van der Waals surface area contributed by atoms with Crippen molar-refractivity contribution in [3.63, 3.8) is 0 Å². The molecule has 1 amide bonds. The lowest BCUT2D eigenvalue weighted by molar-refractivity contribution is -0.111. The van der Waals surface area contributed by atoms with Gasteiger partial charge in [0.1, 0.15) is 0 Å². The molecule has 1 heterocycles. The molecule has 3 aromatic carbocycles. The first kappa shape index (κ1) is 26.9. The van der Waals surface area contributed by atoms with Gasteiger partial charge in [0.15, 0.2) is 0 Å². The summed E-state index contributed by atoms with van der Waals surface area (Å²) in [4.78, 5) is 12.3. The van der Waals surface area contributed by atoms with Crippen LogP contribution in [0.3, 0.4) is 0 Å². The summed E-state index contributed by atoms with van der Waals surface area (Å²) < 4.78 is 52.9. The molecular formula is C27H26N4O5S2. The Balaban J connectivity index is 1.51. The number of benzene rings is 3. The van der Waals surface area contributed by atoms with Crippen molar-refractivity contribution in [1.29, 1.82) is 0 Å². The molecule has 196 valence electrons. The molecule has 38 heavy (non-hydrogen) atoms. The van der Waals surface area contributed by atoms with Crippen LogP contribution in [-0.4, -0.2) is 33.0 Å². The predicted molar refractivity (Wildman–Crippen MR) is 149 cm³/mol. The lowest BCUT2D eigenvalue weighted by atomic mass is 10.0. The molecule has 1 aromatic heterocycles. The molecule has 0 radical (unpaired) electrons. The Hall–Kier alpha value is -4.19. The summed E-state index contributed by atoms with van der Waals surface area (Å²) >= 11 is 0. The summed E-state index contributed by atoms with van der Waals surface area (Å²) in [5.41, 5.74) is 9.42. The maximum atomic E-state index is 13.3. The fourth-order valence-electron chi connectivity index (χ4n) is 3.63. The standard InChI is InChI=1S/C27H26N4O5S2/c1-37(33,34)29-18-21-6-4-7-22(16-21)23-8-5-9-24(17-23)38(35,36)31-15-14-20(19-31)12-13-27(32)30-26-11-3-2-10-25(26)28/h2-17,19,29H,18,28H2,1H3,(H,30,32)/b13-12+. The Bertz CT molecular complexity index is 1730. The number of amides is 1. The lowest BCUT2D eigenvalue weighted by Gasteiger charge is -2.10. The zero-order valence-corrected chi connectivity index (χ0v) is 22.0. The summed E-state index contributed by atoms with van der Waals surface area (Å²) in [6, 6.07) is 22.1. The number of carbonyl (C=O) groups excluding carboxylic acids is 1. The van der Waals surface area contributed by atoms with E-state index in [9.17, 15) is 21.6 Å². The Labute approximate surface area is 221 Å². The maximum absolute atomic E-state index is 13.3. The molecule has 4 N–H and O–H groups in total. The summed E-state index contributed by atoms with van der Waals surface area (Å²) in [6.07, 6.45) is 6.72. The fourth-order valence-corrected chi connectivity index (χ4v) is 5.31. The number of anilines is 2. The van der Waals surface area contributed by atoms with Crippen molar-refractivity contribution < 1.29 is 21.6 Å². The first-order chi connectivity index (χ1) is 18.0. The Morgan fingerprint density at radius 1 is 0.921 bits per heavy atom. The van der Waals surface area contributed by atoms with E-state index < -0.39 is 26.0 Å². The predicted octanol–water partition coefficient (Wildman–Crippen LogP) is 3.68.